The van der Waals surface area contributed by atoms with Gasteiger partial charge in [0.2, 0.25) is 0 Å². The van der Waals surface area contributed by atoms with Crippen LogP contribution < -0.4 is 5.32 Å². The molecule has 2 atom stereocenters. The highest BCUT2D eigenvalue weighted by Crippen LogP contribution is 2.35. The Labute approximate surface area is 136 Å². The van der Waals surface area contributed by atoms with Crippen LogP contribution in [0.1, 0.15) is 24.5 Å². The number of nitrogens with zero attached hydrogens (tertiary/aromatic N) is 4. The van der Waals surface area contributed by atoms with Gasteiger partial charge in [-0.2, -0.15) is 5.10 Å². The molecule has 4 heterocycles. The van der Waals surface area contributed by atoms with E-state index in [1.165, 1.54) is 12.0 Å². The Hall–Kier alpha value is -1.60. The fourth-order valence-electron chi connectivity index (χ4n) is 4.04. The van der Waals surface area contributed by atoms with Gasteiger partial charge in [-0.25, -0.2) is 4.79 Å². The van der Waals surface area contributed by atoms with Gasteiger partial charge in [0.15, 0.2) is 0 Å². The number of hydrogen-bond donors (Lipinski definition) is 1. The van der Waals surface area contributed by atoms with E-state index in [4.69, 9.17) is 4.74 Å². The maximum atomic E-state index is 11.7. The maximum Gasteiger partial charge on any atom is 0.317 e. The van der Waals surface area contributed by atoms with Gasteiger partial charge in [-0.3, -0.25) is 9.58 Å². The van der Waals surface area contributed by atoms with Crippen LogP contribution in [0.3, 0.4) is 0 Å². The van der Waals surface area contributed by atoms with Gasteiger partial charge in [-0.1, -0.05) is 0 Å². The third kappa shape index (κ3) is 2.95. The zero-order chi connectivity index (χ0) is 15.8. The van der Waals surface area contributed by atoms with Crippen molar-refractivity contribution in [1.29, 1.82) is 0 Å². The SMILES string of the molecule is Cn1cc([C@@H]2OCCC[C@H]2CN2CC(N3CCNC3=O)C2)cn1. The summed E-state index contributed by atoms with van der Waals surface area (Å²) in [6.07, 6.45) is 6.48. The molecule has 7 heteroatoms. The standard InChI is InChI=1S/C16H25N5O2/c1-19-8-13(7-18-19)15-12(3-2-6-23-15)9-20-10-14(11-20)21-5-4-17-16(21)22/h7-8,12,14-15H,2-6,9-11H2,1H3,(H,17,22)/t12-,15+/m0/s1. The van der Waals surface area contributed by atoms with Crippen LogP contribution in [-0.2, 0) is 11.8 Å². The van der Waals surface area contributed by atoms with E-state index in [0.29, 0.717) is 12.0 Å². The fourth-order valence-corrected chi connectivity index (χ4v) is 4.04. The molecular formula is C16H25N5O2. The monoisotopic (exact) mass is 319 g/mol. The lowest BCUT2D eigenvalue weighted by Crippen LogP contribution is -2.61. The number of rotatable bonds is 4. The molecule has 1 aromatic heterocycles. The van der Waals surface area contributed by atoms with Crippen molar-refractivity contribution in [3.05, 3.63) is 18.0 Å². The molecule has 3 aliphatic rings. The summed E-state index contributed by atoms with van der Waals surface area (Å²) < 4.78 is 7.89. The summed E-state index contributed by atoms with van der Waals surface area (Å²) in [5, 5.41) is 7.17. The van der Waals surface area contributed by atoms with Crippen molar-refractivity contribution in [2.24, 2.45) is 13.0 Å². The number of carbonyl (C=O) groups is 1. The molecule has 1 aromatic rings. The van der Waals surface area contributed by atoms with Crippen molar-refractivity contribution < 1.29 is 9.53 Å². The number of aryl methyl sites for hydroxylation is 1. The third-order valence-electron chi connectivity index (χ3n) is 5.26. The molecule has 23 heavy (non-hydrogen) atoms. The van der Waals surface area contributed by atoms with Crippen molar-refractivity contribution in [2.75, 3.05) is 39.3 Å². The van der Waals surface area contributed by atoms with Gasteiger partial charge in [0.1, 0.15) is 0 Å². The van der Waals surface area contributed by atoms with E-state index in [1.54, 1.807) is 0 Å². The van der Waals surface area contributed by atoms with E-state index < -0.39 is 0 Å². The highest BCUT2D eigenvalue weighted by atomic mass is 16.5. The number of ether oxygens (including phenoxy) is 1. The Kier molecular flexibility index (Phi) is 3.98. The van der Waals surface area contributed by atoms with Crippen molar-refractivity contribution in [1.82, 2.24) is 24.9 Å². The number of likely N-dealkylation sites (tertiary alicyclic amines) is 1. The van der Waals surface area contributed by atoms with Crippen LogP contribution in [-0.4, -0.2) is 71.0 Å². The maximum absolute atomic E-state index is 11.7. The Morgan fingerprint density at radius 3 is 3.00 bits per heavy atom. The van der Waals surface area contributed by atoms with Crippen LogP contribution in [0.5, 0.6) is 0 Å². The first-order chi connectivity index (χ1) is 11.2. The van der Waals surface area contributed by atoms with Gasteiger partial charge in [0.05, 0.1) is 18.3 Å². The zero-order valence-corrected chi connectivity index (χ0v) is 13.6. The first-order valence-electron chi connectivity index (χ1n) is 8.57. The van der Waals surface area contributed by atoms with E-state index in [0.717, 1.165) is 45.8 Å². The van der Waals surface area contributed by atoms with Crippen molar-refractivity contribution in [2.45, 2.75) is 25.0 Å². The first kappa shape index (κ1) is 15.0. The summed E-state index contributed by atoms with van der Waals surface area (Å²) in [5.41, 5.74) is 1.19. The second-order valence-corrected chi connectivity index (χ2v) is 6.94. The molecule has 3 saturated heterocycles. The lowest BCUT2D eigenvalue weighted by molar-refractivity contribution is -0.0527. The molecule has 7 nitrogen and oxygen atoms in total. The number of nitrogens with one attached hydrogen (secondary N) is 1. The van der Waals surface area contributed by atoms with E-state index in [2.05, 4.69) is 21.5 Å². The van der Waals surface area contributed by atoms with Gasteiger partial charge in [-0.15, -0.1) is 0 Å². The Morgan fingerprint density at radius 2 is 2.30 bits per heavy atom. The fraction of sp³-hybridized carbons (Fsp3) is 0.750. The van der Waals surface area contributed by atoms with Gasteiger partial charge in [-0.05, 0) is 12.8 Å². The molecular weight excluding hydrogens is 294 g/mol. The number of carbonyl (C=O) groups excluding carboxylic acids is 1. The first-order valence-corrected chi connectivity index (χ1v) is 8.57. The van der Waals surface area contributed by atoms with Gasteiger partial charge < -0.3 is 15.0 Å². The lowest BCUT2D eigenvalue weighted by Gasteiger charge is -2.46. The molecule has 3 fully saturated rings. The van der Waals surface area contributed by atoms with E-state index >= 15 is 0 Å². The summed E-state index contributed by atoms with van der Waals surface area (Å²) in [4.78, 5) is 16.1. The predicted octanol–water partition coefficient (Wildman–Crippen LogP) is 0.597. The molecule has 0 radical (unpaired) electrons. The molecule has 3 aliphatic heterocycles. The Bertz CT molecular complexity index is 569. The highest BCUT2D eigenvalue weighted by Gasteiger charge is 2.39. The smallest absolute Gasteiger partial charge is 0.317 e. The average molecular weight is 319 g/mol. The minimum absolute atomic E-state index is 0.101. The third-order valence-corrected chi connectivity index (χ3v) is 5.26. The molecule has 126 valence electrons. The van der Waals surface area contributed by atoms with E-state index in [-0.39, 0.29) is 12.1 Å². The summed E-state index contributed by atoms with van der Waals surface area (Å²) >= 11 is 0. The van der Waals surface area contributed by atoms with Gasteiger partial charge >= 0.3 is 6.03 Å². The van der Waals surface area contributed by atoms with E-state index in [9.17, 15) is 4.79 Å². The van der Waals surface area contributed by atoms with Crippen molar-refractivity contribution >= 4 is 6.03 Å². The minimum atomic E-state index is 0.101. The molecule has 0 aromatic carbocycles. The molecule has 2 amide bonds. The molecule has 1 N–H and O–H groups in total. The lowest BCUT2D eigenvalue weighted by atomic mass is 9.89. The quantitative estimate of drug-likeness (QED) is 0.883. The zero-order valence-electron chi connectivity index (χ0n) is 13.6. The average Bonchev–Trinajstić information content (AvgIpc) is 3.12. The number of aromatic nitrogens is 2. The van der Waals surface area contributed by atoms with Crippen LogP contribution in [0.2, 0.25) is 0 Å². The van der Waals surface area contributed by atoms with E-state index in [1.807, 2.05) is 22.8 Å². The number of urea groups is 1. The highest BCUT2D eigenvalue weighted by molar-refractivity contribution is 5.76. The number of amides is 2. The molecule has 0 spiro atoms. The molecule has 0 bridgehead atoms. The normalized spacial score (nSPS) is 29.6. The summed E-state index contributed by atoms with van der Waals surface area (Å²) in [6.45, 7) is 5.50. The van der Waals surface area contributed by atoms with Crippen LogP contribution in [0, 0.1) is 5.92 Å². The second-order valence-electron chi connectivity index (χ2n) is 6.94. The summed E-state index contributed by atoms with van der Waals surface area (Å²) in [6, 6.07) is 0.489. The van der Waals surface area contributed by atoms with Crippen molar-refractivity contribution in [3.63, 3.8) is 0 Å². The van der Waals surface area contributed by atoms with Crippen LogP contribution in [0.25, 0.3) is 0 Å². The van der Waals surface area contributed by atoms with Crippen LogP contribution in [0.15, 0.2) is 12.4 Å². The molecule has 4 rings (SSSR count). The molecule has 0 saturated carbocycles. The summed E-state index contributed by atoms with van der Waals surface area (Å²) in [5.74, 6) is 0.515. The molecule has 0 aliphatic carbocycles. The largest absolute Gasteiger partial charge is 0.373 e. The Morgan fingerprint density at radius 1 is 1.43 bits per heavy atom. The number of hydrogen-bond acceptors (Lipinski definition) is 4. The Balaban J connectivity index is 1.34. The predicted molar refractivity (Wildman–Crippen MR) is 85.0 cm³/mol. The molecule has 0 unspecified atom stereocenters. The van der Waals surface area contributed by atoms with Gasteiger partial charge in [0.25, 0.3) is 0 Å². The summed E-state index contributed by atoms with van der Waals surface area (Å²) in [7, 11) is 1.95. The van der Waals surface area contributed by atoms with Crippen LogP contribution >= 0.6 is 0 Å². The topological polar surface area (TPSA) is 62.6 Å². The van der Waals surface area contributed by atoms with Crippen molar-refractivity contribution in [3.8, 4) is 0 Å². The van der Waals surface area contributed by atoms with Crippen LogP contribution in [0.4, 0.5) is 4.79 Å². The second kappa shape index (κ2) is 6.13. The minimum Gasteiger partial charge on any atom is -0.373 e. The van der Waals surface area contributed by atoms with Gasteiger partial charge in [0, 0.05) is 64.1 Å².